The van der Waals surface area contributed by atoms with E-state index in [1.54, 1.807) is 43.3 Å². The van der Waals surface area contributed by atoms with Gasteiger partial charge in [-0.2, -0.15) is 5.10 Å². The first-order chi connectivity index (χ1) is 15.0. The van der Waals surface area contributed by atoms with Gasteiger partial charge in [0.15, 0.2) is 11.4 Å². The van der Waals surface area contributed by atoms with E-state index in [9.17, 15) is 13.6 Å². The average molecular weight is 426 g/mol. The van der Waals surface area contributed by atoms with Gasteiger partial charge in [0.2, 0.25) is 5.91 Å². The van der Waals surface area contributed by atoms with E-state index in [0.717, 1.165) is 0 Å². The van der Waals surface area contributed by atoms with Crippen LogP contribution in [0, 0.1) is 6.92 Å². The average Bonchev–Trinajstić information content (AvgIpc) is 3.38. The number of amides is 1. The van der Waals surface area contributed by atoms with Gasteiger partial charge in [-0.3, -0.25) is 4.79 Å². The number of nitrogens with zero attached hydrogens (tertiary/aromatic N) is 3. The van der Waals surface area contributed by atoms with Gasteiger partial charge in [-0.15, -0.1) is 0 Å². The molecule has 0 saturated heterocycles. The summed E-state index contributed by atoms with van der Waals surface area (Å²) in [6.45, 7) is 3.86. The van der Waals surface area contributed by atoms with Crippen LogP contribution in [0.4, 0.5) is 14.5 Å². The number of benzene rings is 1. The van der Waals surface area contributed by atoms with E-state index in [0.29, 0.717) is 29.5 Å². The van der Waals surface area contributed by atoms with Crippen LogP contribution in [0.15, 0.2) is 53.1 Å². The molecule has 0 fully saturated rings. The molecule has 7 nitrogen and oxygen atoms in total. The lowest BCUT2D eigenvalue weighted by Gasteiger charge is -2.09. The summed E-state index contributed by atoms with van der Waals surface area (Å²) in [7, 11) is 0. The second-order valence-corrected chi connectivity index (χ2v) is 6.82. The molecule has 0 aliphatic rings. The van der Waals surface area contributed by atoms with Crippen molar-refractivity contribution in [3.8, 4) is 17.2 Å². The van der Waals surface area contributed by atoms with Crippen molar-refractivity contribution in [2.24, 2.45) is 0 Å². The summed E-state index contributed by atoms with van der Waals surface area (Å²) >= 11 is 0. The number of nitrogens with one attached hydrogen (secondary N) is 1. The Bertz CT molecular complexity index is 1200. The van der Waals surface area contributed by atoms with Crippen LogP contribution >= 0.6 is 0 Å². The first-order valence-electron chi connectivity index (χ1n) is 9.69. The molecule has 0 spiro atoms. The number of carbonyl (C=O) groups is 1. The Morgan fingerprint density at radius 3 is 2.68 bits per heavy atom. The number of furan rings is 1. The Hall–Kier alpha value is -3.75. The molecule has 4 aromatic rings. The highest BCUT2D eigenvalue weighted by molar-refractivity contribution is 5.92. The molecule has 3 aromatic heterocycles. The maximum atomic E-state index is 13.8. The molecule has 0 aliphatic carbocycles. The van der Waals surface area contributed by atoms with Gasteiger partial charge < -0.3 is 14.5 Å². The van der Waals surface area contributed by atoms with Gasteiger partial charge in [-0.05, 0) is 56.3 Å². The maximum absolute atomic E-state index is 13.8. The molecule has 0 unspecified atom stereocenters. The Kier molecular flexibility index (Phi) is 5.66. The van der Waals surface area contributed by atoms with E-state index in [1.165, 1.54) is 17.0 Å². The highest BCUT2D eigenvalue weighted by atomic mass is 19.3. The third kappa shape index (κ3) is 4.25. The van der Waals surface area contributed by atoms with Crippen molar-refractivity contribution < 1.29 is 22.7 Å². The first kappa shape index (κ1) is 20.5. The number of halogens is 2. The molecule has 0 atom stereocenters. The quantitative estimate of drug-likeness (QED) is 0.451. The molecular weight excluding hydrogens is 406 g/mol. The van der Waals surface area contributed by atoms with E-state index in [4.69, 9.17) is 9.15 Å². The summed E-state index contributed by atoms with van der Waals surface area (Å²) in [4.78, 5) is 17.0. The highest BCUT2D eigenvalue weighted by Gasteiger charge is 2.22. The number of alkyl halides is 2. The number of carbonyl (C=O) groups excluding carboxylic acids is 1. The Morgan fingerprint density at radius 2 is 2.03 bits per heavy atom. The fourth-order valence-corrected chi connectivity index (χ4v) is 3.36. The summed E-state index contributed by atoms with van der Waals surface area (Å²) in [6.07, 6.45) is -1.29. The lowest BCUT2D eigenvalue weighted by molar-refractivity contribution is -0.116. The predicted molar refractivity (Wildman–Crippen MR) is 111 cm³/mol. The summed E-state index contributed by atoms with van der Waals surface area (Å²) < 4.78 is 39.5. The van der Waals surface area contributed by atoms with Crippen LogP contribution in [-0.2, 0) is 11.3 Å². The normalized spacial score (nSPS) is 11.3. The fraction of sp³-hybridized carbons (Fsp3) is 0.227. The zero-order valence-electron chi connectivity index (χ0n) is 16.9. The van der Waals surface area contributed by atoms with Crippen LogP contribution in [0.25, 0.3) is 22.5 Å². The third-order valence-corrected chi connectivity index (χ3v) is 4.66. The zero-order valence-corrected chi connectivity index (χ0v) is 16.9. The molecule has 160 valence electrons. The Labute approximate surface area is 176 Å². The second-order valence-electron chi connectivity index (χ2n) is 6.82. The van der Waals surface area contributed by atoms with Crippen molar-refractivity contribution in [3.05, 3.63) is 60.0 Å². The van der Waals surface area contributed by atoms with E-state index in [-0.39, 0.29) is 34.7 Å². The molecule has 0 aliphatic heterocycles. The fourth-order valence-electron chi connectivity index (χ4n) is 3.36. The minimum absolute atomic E-state index is 0.186. The molecule has 9 heteroatoms. The van der Waals surface area contributed by atoms with Gasteiger partial charge in [0.25, 0.3) is 6.43 Å². The number of aryl methyl sites for hydroxylation is 1. The van der Waals surface area contributed by atoms with Gasteiger partial charge >= 0.3 is 0 Å². The van der Waals surface area contributed by atoms with Gasteiger partial charge in [0.1, 0.15) is 18.0 Å². The summed E-state index contributed by atoms with van der Waals surface area (Å²) in [5, 5.41) is 7.28. The SMILES string of the molecule is CCOc1ccc(NC(=O)Cn2nc(C)c3c(C(F)F)cc(-c4ccco4)nc32)cc1. The van der Waals surface area contributed by atoms with Crippen LogP contribution < -0.4 is 10.1 Å². The van der Waals surface area contributed by atoms with Crippen LogP contribution in [0.1, 0.15) is 24.6 Å². The molecule has 1 amide bonds. The number of fused-ring (bicyclic) bond motifs is 1. The molecule has 4 rings (SSSR count). The summed E-state index contributed by atoms with van der Waals surface area (Å²) in [6, 6.07) is 11.5. The second kappa shape index (κ2) is 8.55. The first-order valence-corrected chi connectivity index (χ1v) is 9.69. The molecule has 0 radical (unpaired) electrons. The highest BCUT2D eigenvalue weighted by Crippen LogP contribution is 2.33. The lowest BCUT2D eigenvalue weighted by Crippen LogP contribution is -2.19. The molecule has 3 heterocycles. The van der Waals surface area contributed by atoms with Crippen molar-refractivity contribution in [3.63, 3.8) is 0 Å². The number of anilines is 1. The molecule has 1 aromatic carbocycles. The monoisotopic (exact) mass is 426 g/mol. The van der Waals surface area contributed by atoms with E-state index in [2.05, 4.69) is 15.4 Å². The maximum Gasteiger partial charge on any atom is 0.264 e. The van der Waals surface area contributed by atoms with Crippen molar-refractivity contribution in [2.75, 3.05) is 11.9 Å². The van der Waals surface area contributed by atoms with Crippen LogP contribution in [0.5, 0.6) is 5.75 Å². The number of aromatic nitrogens is 3. The lowest BCUT2D eigenvalue weighted by atomic mass is 10.1. The van der Waals surface area contributed by atoms with Gasteiger partial charge in [0.05, 0.1) is 24.0 Å². The Balaban J connectivity index is 1.65. The van der Waals surface area contributed by atoms with Crippen LogP contribution in [0.2, 0.25) is 0 Å². The molecule has 0 bridgehead atoms. The van der Waals surface area contributed by atoms with E-state index < -0.39 is 6.43 Å². The van der Waals surface area contributed by atoms with Gasteiger partial charge in [-0.1, -0.05) is 0 Å². The minimum Gasteiger partial charge on any atom is -0.494 e. The number of rotatable bonds is 7. The largest absolute Gasteiger partial charge is 0.494 e. The third-order valence-electron chi connectivity index (χ3n) is 4.66. The topological polar surface area (TPSA) is 82.2 Å². The van der Waals surface area contributed by atoms with Crippen molar-refractivity contribution >= 4 is 22.6 Å². The molecule has 1 N–H and O–H groups in total. The van der Waals surface area contributed by atoms with E-state index in [1.807, 2.05) is 6.92 Å². The van der Waals surface area contributed by atoms with Crippen molar-refractivity contribution in [2.45, 2.75) is 26.8 Å². The number of hydrogen-bond acceptors (Lipinski definition) is 5. The predicted octanol–water partition coefficient (Wildman–Crippen LogP) is 4.97. The van der Waals surface area contributed by atoms with Crippen molar-refractivity contribution in [1.29, 1.82) is 0 Å². The Morgan fingerprint density at radius 1 is 1.26 bits per heavy atom. The number of pyridine rings is 1. The van der Waals surface area contributed by atoms with Gasteiger partial charge in [-0.25, -0.2) is 18.4 Å². The van der Waals surface area contributed by atoms with Crippen LogP contribution in [0.3, 0.4) is 0 Å². The van der Waals surface area contributed by atoms with Crippen LogP contribution in [-0.4, -0.2) is 27.3 Å². The van der Waals surface area contributed by atoms with Crippen molar-refractivity contribution in [1.82, 2.24) is 14.8 Å². The number of ether oxygens (including phenoxy) is 1. The summed E-state index contributed by atoms with van der Waals surface area (Å²) in [5.74, 6) is 0.689. The minimum atomic E-state index is -2.73. The molecule has 0 saturated carbocycles. The van der Waals surface area contributed by atoms with E-state index >= 15 is 0 Å². The summed E-state index contributed by atoms with van der Waals surface area (Å²) in [5.41, 5.74) is 1.20. The molecular formula is C22H20F2N4O3. The zero-order chi connectivity index (χ0) is 22.0. The molecule has 31 heavy (non-hydrogen) atoms. The smallest absolute Gasteiger partial charge is 0.264 e. The number of hydrogen-bond donors (Lipinski definition) is 1. The standard InChI is InChI=1S/C22H20F2N4O3/c1-3-30-15-8-6-14(7-9-15)25-19(29)12-28-22-20(13(2)27-28)16(21(23)24)11-17(26-22)18-5-4-10-31-18/h4-11,21H,3,12H2,1-2H3,(H,25,29). The van der Waals surface area contributed by atoms with Gasteiger partial charge in [0, 0.05) is 11.3 Å².